The largest absolute Gasteiger partial charge is 0.382 e. The van der Waals surface area contributed by atoms with Gasteiger partial charge in [0, 0.05) is 18.1 Å². The van der Waals surface area contributed by atoms with Gasteiger partial charge in [0.2, 0.25) is 10.0 Å². The van der Waals surface area contributed by atoms with Crippen LogP contribution in [0.25, 0.3) is 0 Å². The molecule has 0 atom stereocenters. The van der Waals surface area contributed by atoms with Crippen LogP contribution < -0.4 is 4.72 Å². The summed E-state index contributed by atoms with van der Waals surface area (Å²) in [6, 6.07) is 3.77. The summed E-state index contributed by atoms with van der Waals surface area (Å²) in [5.41, 5.74) is 0. The maximum Gasteiger partial charge on any atom is 0.243 e. The molecule has 19 heavy (non-hydrogen) atoms. The summed E-state index contributed by atoms with van der Waals surface area (Å²) in [5, 5.41) is 0. The van der Waals surface area contributed by atoms with Crippen LogP contribution in [-0.4, -0.2) is 41.9 Å². The highest BCUT2D eigenvalue weighted by Crippen LogP contribution is 2.18. The van der Waals surface area contributed by atoms with E-state index in [4.69, 9.17) is 9.47 Å². The first kappa shape index (κ1) is 16.5. The second-order valence-corrected chi connectivity index (χ2v) is 6.23. The Kier molecular flexibility index (Phi) is 6.87. The van der Waals surface area contributed by atoms with Gasteiger partial charge in [0.1, 0.15) is 10.7 Å². The lowest BCUT2D eigenvalue weighted by molar-refractivity contribution is 0.0736. The van der Waals surface area contributed by atoms with Gasteiger partial charge in [-0.25, -0.2) is 17.5 Å². The molecule has 0 heterocycles. The third kappa shape index (κ3) is 5.53. The van der Waals surface area contributed by atoms with E-state index in [1.807, 2.05) is 0 Å². The van der Waals surface area contributed by atoms with Crippen molar-refractivity contribution in [3.8, 4) is 0 Å². The molecule has 0 radical (unpaired) electrons. The van der Waals surface area contributed by atoms with Crippen molar-refractivity contribution in [3.05, 3.63) is 28.5 Å². The Balaban J connectivity index is 2.52. The van der Waals surface area contributed by atoms with Gasteiger partial charge in [0.05, 0.1) is 19.8 Å². The number of halogens is 2. The summed E-state index contributed by atoms with van der Waals surface area (Å²) >= 11 is 3.06. The number of methoxy groups -OCH3 is 1. The molecule has 0 aliphatic heterocycles. The summed E-state index contributed by atoms with van der Waals surface area (Å²) in [6.07, 6.45) is 0. The molecule has 0 aliphatic rings. The normalized spacial score (nSPS) is 11.7. The van der Waals surface area contributed by atoms with Crippen molar-refractivity contribution in [2.75, 3.05) is 33.5 Å². The zero-order valence-electron chi connectivity index (χ0n) is 10.4. The highest BCUT2D eigenvalue weighted by atomic mass is 79.9. The van der Waals surface area contributed by atoms with Crippen molar-refractivity contribution < 1.29 is 22.3 Å². The molecular formula is C11H15BrFNO4S. The van der Waals surface area contributed by atoms with Crippen LogP contribution in [0.4, 0.5) is 4.39 Å². The molecule has 0 unspecified atom stereocenters. The van der Waals surface area contributed by atoms with Crippen LogP contribution >= 0.6 is 15.9 Å². The summed E-state index contributed by atoms with van der Waals surface area (Å²) in [4.78, 5) is -0.382. The molecule has 0 saturated heterocycles. The predicted molar refractivity (Wildman–Crippen MR) is 72.0 cm³/mol. The molecule has 108 valence electrons. The molecular weight excluding hydrogens is 341 g/mol. The fourth-order valence-corrected chi connectivity index (χ4v) is 2.67. The molecule has 0 fully saturated rings. The van der Waals surface area contributed by atoms with E-state index in [1.54, 1.807) is 7.11 Å². The summed E-state index contributed by atoms with van der Waals surface area (Å²) in [5.74, 6) is -0.804. The molecule has 0 amide bonds. The summed E-state index contributed by atoms with van der Waals surface area (Å²) < 4.78 is 49.7. The predicted octanol–water partition coefficient (Wildman–Crippen LogP) is 1.53. The Morgan fingerprint density at radius 2 is 2.05 bits per heavy atom. The Labute approximate surface area is 120 Å². The van der Waals surface area contributed by atoms with Crippen molar-refractivity contribution in [1.82, 2.24) is 4.72 Å². The van der Waals surface area contributed by atoms with Crippen molar-refractivity contribution >= 4 is 26.0 Å². The maximum absolute atomic E-state index is 13.5. The third-order valence-corrected chi connectivity index (χ3v) is 4.14. The molecule has 5 nitrogen and oxygen atoms in total. The van der Waals surface area contributed by atoms with Crippen molar-refractivity contribution in [2.45, 2.75) is 4.90 Å². The average molecular weight is 356 g/mol. The number of sulfonamides is 1. The fraction of sp³-hybridized carbons (Fsp3) is 0.455. The molecule has 0 bridgehead atoms. The van der Waals surface area contributed by atoms with Gasteiger partial charge in [0.25, 0.3) is 0 Å². The van der Waals surface area contributed by atoms with Crippen molar-refractivity contribution in [2.24, 2.45) is 0 Å². The molecule has 8 heteroatoms. The van der Waals surface area contributed by atoms with Gasteiger partial charge in [-0.2, -0.15) is 0 Å². The third-order valence-electron chi connectivity index (χ3n) is 2.15. The van der Waals surface area contributed by atoms with Gasteiger partial charge in [-0.1, -0.05) is 15.9 Å². The van der Waals surface area contributed by atoms with Crippen LogP contribution in [0.1, 0.15) is 0 Å². The Bertz CT molecular complexity index is 509. The number of hydrogen-bond donors (Lipinski definition) is 1. The maximum atomic E-state index is 13.5. The van der Waals surface area contributed by atoms with E-state index in [9.17, 15) is 12.8 Å². The zero-order chi connectivity index (χ0) is 14.3. The van der Waals surface area contributed by atoms with E-state index in [0.717, 1.165) is 6.07 Å². The van der Waals surface area contributed by atoms with E-state index >= 15 is 0 Å². The minimum atomic E-state index is -3.86. The monoisotopic (exact) mass is 355 g/mol. The second kappa shape index (κ2) is 7.91. The topological polar surface area (TPSA) is 64.6 Å². The van der Waals surface area contributed by atoms with Crippen LogP contribution in [0, 0.1) is 5.82 Å². The number of benzene rings is 1. The first-order chi connectivity index (χ1) is 8.97. The quantitative estimate of drug-likeness (QED) is 0.718. The standard InChI is InChI=1S/C11H15BrFNO4S/c1-17-6-7-18-5-4-14-19(15,16)11-3-2-9(12)8-10(11)13/h2-3,8,14H,4-7H2,1H3. The Morgan fingerprint density at radius 3 is 2.68 bits per heavy atom. The van der Waals surface area contributed by atoms with E-state index < -0.39 is 15.8 Å². The molecule has 0 spiro atoms. The number of ether oxygens (including phenoxy) is 2. The summed E-state index contributed by atoms with van der Waals surface area (Å²) in [7, 11) is -2.31. The van der Waals surface area contributed by atoms with Crippen molar-refractivity contribution in [1.29, 1.82) is 0 Å². The minimum Gasteiger partial charge on any atom is -0.382 e. The lowest BCUT2D eigenvalue weighted by Crippen LogP contribution is -2.28. The number of nitrogens with one attached hydrogen (secondary N) is 1. The molecule has 1 aromatic rings. The SMILES string of the molecule is COCCOCCNS(=O)(=O)c1ccc(Br)cc1F. The van der Waals surface area contributed by atoms with Gasteiger partial charge in [0.15, 0.2) is 0 Å². The first-order valence-electron chi connectivity index (χ1n) is 5.49. The smallest absolute Gasteiger partial charge is 0.243 e. The van der Waals surface area contributed by atoms with Gasteiger partial charge < -0.3 is 9.47 Å². The second-order valence-electron chi connectivity index (χ2n) is 3.58. The van der Waals surface area contributed by atoms with E-state index in [1.165, 1.54) is 12.1 Å². The first-order valence-corrected chi connectivity index (χ1v) is 7.76. The molecule has 0 saturated carbocycles. The zero-order valence-corrected chi connectivity index (χ0v) is 12.8. The minimum absolute atomic E-state index is 0.0710. The van der Waals surface area contributed by atoms with Crippen molar-refractivity contribution in [3.63, 3.8) is 0 Å². The van der Waals surface area contributed by atoms with Crippen LogP contribution in [0.5, 0.6) is 0 Å². The van der Waals surface area contributed by atoms with Crippen LogP contribution in [-0.2, 0) is 19.5 Å². The van der Waals surface area contributed by atoms with Crippen LogP contribution in [0.15, 0.2) is 27.6 Å². The van der Waals surface area contributed by atoms with Gasteiger partial charge in [-0.05, 0) is 18.2 Å². The molecule has 1 aromatic carbocycles. The van der Waals surface area contributed by atoms with Gasteiger partial charge >= 0.3 is 0 Å². The summed E-state index contributed by atoms with van der Waals surface area (Å²) in [6.45, 7) is 1.08. The van der Waals surface area contributed by atoms with E-state index in [2.05, 4.69) is 20.7 Å². The Morgan fingerprint density at radius 1 is 1.32 bits per heavy atom. The molecule has 1 N–H and O–H groups in total. The lowest BCUT2D eigenvalue weighted by Gasteiger charge is -2.08. The van der Waals surface area contributed by atoms with Gasteiger partial charge in [-0.15, -0.1) is 0 Å². The number of hydrogen-bond acceptors (Lipinski definition) is 4. The Hall–Kier alpha value is -0.540. The lowest BCUT2D eigenvalue weighted by atomic mass is 10.3. The van der Waals surface area contributed by atoms with Crippen LogP contribution in [0.3, 0.4) is 0 Å². The average Bonchev–Trinajstić information content (AvgIpc) is 2.33. The molecule has 0 aromatic heterocycles. The number of rotatable bonds is 8. The highest BCUT2D eigenvalue weighted by Gasteiger charge is 2.18. The molecule has 1 rings (SSSR count). The molecule has 0 aliphatic carbocycles. The van der Waals surface area contributed by atoms with E-state index in [0.29, 0.717) is 17.7 Å². The highest BCUT2D eigenvalue weighted by molar-refractivity contribution is 9.10. The van der Waals surface area contributed by atoms with Crippen LogP contribution in [0.2, 0.25) is 0 Å². The van der Waals surface area contributed by atoms with Gasteiger partial charge in [-0.3, -0.25) is 0 Å². The van der Waals surface area contributed by atoms with E-state index in [-0.39, 0.29) is 18.0 Å². The fourth-order valence-electron chi connectivity index (χ4n) is 1.26.